The van der Waals surface area contributed by atoms with Crippen molar-refractivity contribution in [2.24, 2.45) is 0 Å². The zero-order chi connectivity index (χ0) is 27.6. The maximum Gasteiger partial charge on any atom is 0.416 e. The molecule has 0 bridgehead atoms. The second-order valence-electron chi connectivity index (χ2n) is 9.38. The van der Waals surface area contributed by atoms with Crippen molar-refractivity contribution in [3.8, 4) is 16.9 Å². The number of halogens is 4. The number of alkyl halides is 3. The van der Waals surface area contributed by atoms with Gasteiger partial charge in [0, 0.05) is 54.2 Å². The third kappa shape index (κ3) is 6.26. The molecule has 1 aromatic heterocycles. The summed E-state index contributed by atoms with van der Waals surface area (Å²) in [5.41, 5.74) is 3.31. The highest BCUT2D eigenvalue weighted by Crippen LogP contribution is 2.37. The van der Waals surface area contributed by atoms with Gasteiger partial charge in [-0.1, -0.05) is 48.0 Å². The maximum atomic E-state index is 13.1. The van der Waals surface area contributed by atoms with Crippen LogP contribution in [0.2, 0.25) is 5.02 Å². The molecule has 1 amide bonds. The summed E-state index contributed by atoms with van der Waals surface area (Å²) in [4.78, 5) is 24.4. The highest BCUT2D eigenvalue weighted by molar-refractivity contribution is 6.30. The van der Waals surface area contributed by atoms with Gasteiger partial charge in [0.15, 0.2) is 0 Å². The summed E-state index contributed by atoms with van der Waals surface area (Å²) in [7, 11) is 1.36. The molecule has 39 heavy (non-hydrogen) atoms. The van der Waals surface area contributed by atoms with Gasteiger partial charge in [0.2, 0.25) is 5.91 Å². The molecule has 0 saturated carbocycles. The van der Waals surface area contributed by atoms with Crippen LogP contribution in [0, 0.1) is 0 Å². The Hall–Kier alpha value is -3.82. The minimum absolute atomic E-state index is 0.0213. The van der Waals surface area contributed by atoms with Crippen molar-refractivity contribution in [2.75, 3.05) is 31.6 Å². The Morgan fingerprint density at radius 2 is 1.85 bits per heavy atom. The van der Waals surface area contributed by atoms with Crippen molar-refractivity contribution in [1.82, 2.24) is 14.9 Å². The van der Waals surface area contributed by atoms with E-state index in [1.807, 2.05) is 36.4 Å². The first-order chi connectivity index (χ1) is 18.7. The molecule has 3 aromatic carbocycles. The van der Waals surface area contributed by atoms with E-state index in [0.29, 0.717) is 36.6 Å². The fourth-order valence-electron chi connectivity index (χ4n) is 4.69. The Kier molecular flexibility index (Phi) is 7.63. The van der Waals surface area contributed by atoms with Crippen LogP contribution >= 0.6 is 11.6 Å². The molecule has 0 spiro atoms. The highest BCUT2D eigenvalue weighted by Gasteiger charge is 2.31. The Bertz CT molecular complexity index is 1470. The van der Waals surface area contributed by atoms with Crippen LogP contribution in [0.1, 0.15) is 22.6 Å². The Morgan fingerprint density at radius 1 is 1.05 bits per heavy atom. The number of anilines is 1. The van der Waals surface area contributed by atoms with Crippen molar-refractivity contribution in [1.29, 1.82) is 0 Å². The summed E-state index contributed by atoms with van der Waals surface area (Å²) in [6, 6.07) is 18.3. The maximum absolute atomic E-state index is 13.1. The van der Waals surface area contributed by atoms with Crippen LogP contribution in [-0.2, 0) is 23.9 Å². The lowest BCUT2D eigenvalue weighted by Crippen LogP contribution is -2.50. The van der Waals surface area contributed by atoms with Gasteiger partial charge in [-0.25, -0.2) is 4.98 Å². The summed E-state index contributed by atoms with van der Waals surface area (Å²) in [5, 5.41) is 0.599. The van der Waals surface area contributed by atoms with Crippen LogP contribution in [0.3, 0.4) is 0 Å². The summed E-state index contributed by atoms with van der Waals surface area (Å²) >= 11 is 6.08. The van der Waals surface area contributed by atoms with Crippen molar-refractivity contribution in [3.63, 3.8) is 0 Å². The second-order valence-corrected chi connectivity index (χ2v) is 9.81. The van der Waals surface area contributed by atoms with Gasteiger partial charge in [-0.05, 0) is 41.5 Å². The Balaban J connectivity index is 1.19. The number of ether oxygens (including phenoxy) is 1. The normalized spacial score (nSPS) is 14.6. The van der Waals surface area contributed by atoms with Crippen molar-refractivity contribution in [2.45, 2.75) is 19.1 Å². The van der Waals surface area contributed by atoms with Gasteiger partial charge < -0.3 is 14.6 Å². The molecule has 1 aliphatic rings. The average molecular weight is 555 g/mol. The zero-order valence-corrected chi connectivity index (χ0v) is 21.9. The van der Waals surface area contributed by atoms with E-state index in [9.17, 15) is 18.0 Å². The molecule has 0 atom stereocenters. The molecule has 0 radical (unpaired) electrons. The van der Waals surface area contributed by atoms with Crippen molar-refractivity contribution in [3.05, 3.63) is 101 Å². The van der Waals surface area contributed by atoms with Crippen molar-refractivity contribution >= 4 is 23.2 Å². The van der Waals surface area contributed by atoms with E-state index in [1.54, 1.807) is 23.2 Å². The lowest BCUT2D eigenvalue weighted by atomic mass is 10.00. The number of carbonyl (C=O) groups excluding carboxylic acids is 1. The predicted molar refractivity (Wildman–Crippen MR) is 144 cm³/mol. The van der Waals surface area contributed by atoms with Crippen LogP contribution in [0.25, 0.3) is 11.1 Å². The first-order valence-corrected chi connectivity index (χ1v) is 12.7. The molecular formula is C29H26ClF3N4O2. The van der Waals surface area contributed by atoms with Gasteiger partial charge in [0.1, 0.15) is 11.6 Å². The number of hydrogen-bond donors (Lipinski definition) is 1. The summed E-state index contributed by atoms with van der Waals surface area (Å²) < 4.78 is 44.4. The molecule has 0 aliphatic carbocycles. The number of methoxy groups -OCH3 is 1. The summed E-state index contributed by atoms with van der Waals surface area (Å²) in [6.07, 6.45) is -2.09. The topological polar surface area (TPSA) is 61.5 Å². The third-order valence-corrected chi connectivity index (χ3v) is 6.90. The number of piperazine rings is 1. The van der Waals surface area contributed by atoms with Crippen LogP contribution in [0.15, 0.2) is 72.9 Å². The highest BCUT2D eigenvalue weighted by atomic mass is 35.5. The summed E-state index contributed by atoms with van der Waals surface area (Å²) in [5.74, 6) is 0.974. The number of aromatic nitrogens is 2. The number of nitrogens with zero attached hydrogens (tertiary/aromatic N) is 3. The second kappa shape index (κ2) is 11.1. The fourth-order valence-corrected chi connectivity index (χ4v) is 4.88. The molecule has 1 aliphatic heterocycles. The number of aromatic amines is 1. The van der Waals surface area contributed by atoms with E-state index in [-0.39, 0.29) is 11.7 Å². The van der Waals surface area contributed by atoms with E-state index < -0.39 is 11.7 Å². The van der Waals surface area contributed by atoms with E-state index in [2.05, 4.69) is 14.9 Å². The molecular weight excluding hydrogens is 529 g/mol. The summed E-state index contributed by atoms with van der Waals surface area (Å²) in [6.45, 7) is 2.18. The van der Waals surface area contributed by atoms with E-state index in [1.165, 1.54) is 13.2 Å². The number of imidazole rings is 1. The smallest absolute Gasteiger partial charge is 0.416 e. The predicted octanol–water partition coefficient (Wildman–Crippen LogP) is 6.20. The lowest BCUT2D eigenvalue weighted by Gasteiger charge is -2.34. The van der Waals surface area contributed by atoms with Crippen LogP contribution < -0.4 is 9.64 Å². The van der Waals surface area contributed by atoms with Gasteiger partial charge in [0.25, 0.3) is 0 Å². The van der Waals surface area contributed by atoms with Crippen LogP contribution in [-0.4, -0.2) is 47.5 Å². The lowest BCUT2D eigenvalue weighted by molar-refractivity contribution is -0.137. The molecule has 2 heterocycles. The number of carbonyl (C=O) groups is 1. The molecule has 0 unspecified atom stereocenters. The number of benzene rings is 3. The van der Waals surface area contributed by atoms with Crippen LogP contribution in [0.4, 0.5) is 18.9 Å². The molecule has 1 N–H and O–H groups in total. The fraction of sp³-hybridized carbons (Fsp3) is 0.241. The van der Waals surface area contributed by atoms with E-state index in [0.717, 1.165) is 47.0 Å². The standard InChI is InChI=1S/C29H26ClF3N4O2/c1-39-26-14-21(29(31,32)33)9-10-25(26)20-7-5-19(6-8-20)13-27-34-16-23(35-27)17-36-11-12-37(28(38)18-36)24-4-2-3-22(30)15-24/h2-10,14-16H,11-13,17-18H2,1H3,(H,34,35). The monoisotopic (exact) mass is 554 g/mol. The van der Waals surface area contributed by atoms with E-state index >= 15 is 0 Å². The first kappa shape index (κ1) is 26.8. The van der Waals surface area contributed by atoms with Gasteiger partial charge in [0.05, 0.1) is 19.2 Å². The number of rotatable bonds is 7. The van der Waals surface area contributed by atoms with Gasteiger partial charge >= 0.3 is 6.18 Å². The zero-order valence-electron chi connectivity index (χ0n) is 21.1. The van der Waals surface area contributed by atoms with Gasteiger partial charge in [-0.15, -0.1) is 0 Å². The number of H-pyrrole nitrogens is 1. The molecule has 202 valence electrons. The van der Waals surface area contributed by atoms with Crippen LogP contribution in [0.5, 0.6) is 5.75 Å². The Labute approximate surface area is 229 Å². The molecule has 4 aromatic rings. The number of amides is 1. The molecule has 1 fully saturated rings. The molecule has 6 nitrogen and oxygen atoms in total. The Morgan fingerprint density at radius 3 is 2.54 bits per heavy atom. The quantitative estimate of drug-likeness (QED) is 0.296. The van der Waals surface area contributed by atoms with Gasteiger partial charge in [-0.3, -0.25) is 9.69 Å². The minimum atomic E-state index is -4.43. The average Bonchev–Trinajstić information content (AvgIpc) is 3.34. The van der Waals surface area contributed by atoms with Crippen molar-refractivity contribution < 1.29 is 22.7 Å². The first-order valence-electron chi connectivity index (χ1n) is 12.4. The largest absolute Gasteiger partial charge is 0.496 e. The van der Waals surface area contributed by atoms with E-state index in [4.69, 9.17) is 16.3 Å². The SMILES string of the molecule is COc1cc(C(F)(F)F)ccc1-c1ccc(Cc2ncc(CN3CCN(c4cccc(Cl)c4)C(=O)C3)[nH]2)cc1. The molecule has 5 rings (SSSR count). The van der Waals surface area contributed by atoms with Gasteiger partial charge in [-0.2, -0.15) is 13.2 Å². The minimum Gasteiger partial charge on any atom is -0.496 e. The number of nitrogens with one attached hydrogen (secondary N) is 1. The molecule has 1 saturated heterocycles. The number of hydrogen-bond acceptors (Lipinski definition) is 4. The third-order valence-electron chi connectivity index (χ3n) is 6.66. The molecule has 10 heteroatoms.